The molecule has 0 spiro atoms. The zero-order chi connectivity index (χ0) is 12.1. The van der Waals surface area contributed by atoms with Crippen molar-refractivity contribution in [2.45, 2.75) is 55.7 Å². The predicted octanol–water partition coefficient (Wildman–Crippen LogP) is 1.92. The maximum Gasteiger partial charge on any atom is 0.220 e. The highest BCUT2D eigenvalue weighted by molar-refractivity contribution is 8.00. The summed E-state index contributed by atoms with van der Waals surface area (Å²) in [4.78, 5) is 11.7. The van der Waals surface area contributed by atoms with Crippen LogP contribution in [0.2, 0.25) is 0 Å². The van der Waals surface area contributed by atoms with Gasteiger partial charge in [-0.1, -0.05) is 6.42 Å². The van der Waals surface area contributed by atoms with Crippen LogP contribution in [0, 0.1) is 0 Å². The van der Waals surface area contributed by atoms with Crippen LogP contribution < -0.4 is 10.6 Å². The summed E-state index contributed by atoms with van der Waals surface area (Å²) in [6.07, 6.45) is 10.2. The summed E-state index contributed by atoms with van der Waals surface area (Å²) in [7, 11) is 0. The van der Waals surface area contributed by atoms with E-state index in [0.717, 1.165) is 19.5 Å². The highest BCUT2D eigenvalue weighted by Gasteiger charge is 2.41. The molecule has 17 heavy (non-hydrogen) atoms. The minimum atomic E-state index is 0.234. The molecule has 98 valence electrons. The zero-order valence-electron chi connectivity index (χ0n) is 10.8. The molecule has 1 saturated carbocycles. The second-order valence-corrected chi connectivity index (χ2v) is 6.62. The Morgan fingerprint density at radius 3 is 2.88 bits per heavy atom. The van der Waals surface area contributed by atoms with Gasteiger partial charge < -0.3 is 10.6 Å². The average molecular weight is 256 g/mol. The van der Waals surface area contributed by atoms with E-state index in [1.807, 2.05) is 11.8 Å². The van der Waals surface area contributed by atoms with E-state index in [4.69, 9.17) is 0 Å². The number of carbonyl (C=O) groups excluding carboxylic acids is 1. The molecular formula is C13H24N2OS. The van der Waals surface area contributed by atoms with Gasteiger partial charge in [-0.2, -0.15) is 11.8 Å². The summed E-state index contributed by atoms with van der Waals surface area (Å²) in [5, 5.41) is 6.57. The predicted molar refractivity (Wildman–Crippen MR) is 73.4 cm³/mol. The Morgan fingerprint density at radius 1 is 1.47 bits per heavy atom. The number of piperidine rings is 1. The third kappa shape index (κ3) is 4.18. The first-order valence-electron chi connectivity index (χ1n) is 6.79. The van der Waals surface area contributed by atoms with E-state index < -0.39 is 0 Å². The Kier molecular flexibility index (Phi) is 4.74. The molecule has 2 rings (SSSR count). The number of amides is 1. The van der Waals surface area contributed by atoms with Crippen molar-refractivity contribution in [3.8, 4) is 0 Å². The van der Waals surface area contributed by atoms with Gasteiger partial charge >= 0.3 is 0 Å². The van der Waals surface area contributed by atoms with E-state index in [1.54, 1.807) is 0 Å². The third-order valence-corrected chi connectivity index (χ3v) is 5.40. The molecule has 3 nitrogen and oxygen atoms in total. The van der Waals surface area contributed by atoms with E-state index in [2.05, 4.69) is 16.9 Å². The van der Waals surface area contributed by atoms with Crippen LogP contribution in [-0.4, -0.2) is 36.0 Å². The molecule has 1 heterocycles. The van der Waals surface area contributed by atoms with Gasteiger partial charge in [-0.15, -0.1) is 0 Å². The number of hydrogen-bond donors (Lipinski definition) is 2. The van der Waals surface area contributed by atoms with Crippen LogP contribution in [-0.2, 0) is 4.79 Å². The minimum Gasteiger partial charge on any atom is -0.355 e. The Labute approximate surface area is 108 Å². The maximum atomic E-state index is 11.7. The van der Waals surface area contributed by atoms with Gasteiger partial charge in [0.2, 0.25) is 5.91 Å². The Morgan fingerprint density at radius 2 is 2.29 bits per heavy atom. The topological polar surface area (TPSA) is 41.1 Å². The second-order valence-electron chi connectivity index (χ2n) is 5.35. The lowest BCUT2D eigenvalue weighted by atomic mass is 10.0. The lowest BCUT2D eigenvalue weighted by molar-refractivity contribution is -0.121. The summed E-state index contributed by atoms with van der Waals surface area (Å²) >= 11 is 1.90. The van der Waals surface area contributed by atoms with Crippen molar-refractivity contribution in [1.82, 2.24) is 10.6 Å². The number of rotatable bonds is 6. The Hall–Kier alpha value is -0.220. The van der Waals surface area contributed by atoms with Crippen LogP contribution in [0.4, 0.5) is 0 Å². The van der Waals surface area contributed by atoms with E-state index in [-0.39, 0.29) is 5.91 Å². The van der Waals surface area contributed by atoms with E-state index >= 15 is 0 Å². The van der Waals surface area contributed by atoms with Gasteiger partial charge in [0.25, 0.3) is 0 Å². The molecule has 0 aromatic carbocycles. The quantitative estimate of drug-likeness (QED) is 0.763. The molecule has 0 bridgehead atoms. The first-order valence-corrected chi connectivity index (χ1v) is 8.02. The third-order valence-electron chi connectivity index (χ3n) is 3.98. The number of hydrogen-bond acceptors (Lipinski definition) is 3. The Balaban J connectivity index is 1.57. The van der Waals surface area contributed by atoms with Crippen molar-refractivity contribution in [2.75, 3.05) is 19.3 Å². The van der Waals surface area contributed by atoms with Gasteiger partial charge in [0.05, 0.1) is 0 Å². The molecule has 1 aliphatic carbocycles. The van der Waals surface area contributed by atoms with Gasteiger partial charge in [-0.05, 0) is 44.9 Å². The van der Waals surface area contributed by atoms with Crippen LogP contribution in [0.15, 0.2) is 0 Å². The van der Waals surface area contributed by atoms with Crippen molar-refractivity contribution in [3.05, 3.63) is 0 Å². The molecule has 0 aromatic heterocycles. The van der Waals surface area contributed by atoms with E-state index in [1.165, 1.54) is 32.1 Å². The normalized spacial score (nSPS) is 26.5. The highest BCUT2D eigenvalue weighted by Crippen LogP contribution is 2.46. The van der Waals surface area contributed by atoms with Crippen LogP contribution in [0.3, 0.4) is 0 Å². The molecule has 2 fully saturated rings. The fraction of sp³-hybridized carbons (Fsp3) is 0.923. The molecule has 1 aliphatic heterocycles. The molecule has 4 heteroatoms. The van der Waals surface area contributed by atoms with Crippen LogP contribution in [0.1, 0.15) is 44.9 Å². The largest absolute Gasteiger partial charge is 0.355 e. The first kappa shape index (κ1) is 13.2. The summed E-state index contributed by atoms with van der Waals surface area (Å²) in [6, 6.07) is 0.574. The summed E-state index contributed by atoms with van der Waals surface area (Å²) in [5.41, 5.74) is 0. The molecule has 1 amide bonds. The van der Waals surface area contributed by atoms with E-state index in [0.29, 0.717) is 17.2 Å². The van der Waals surface area contributed by atoms with Gasteiger partial charge in [-0.25, -0.2) is 0 Å². The smallest absolute Gasteiger partial charge is 0.220 e. The molecule has 1 saturated heterocycles. The maximum absolute atomic E-state index is 11.7. The summed E-state index contributed by atoms with van der Waals surface area (Å²) in [6.45, 7) is 1.99. The standard InChI is InChI=1S/C13H24N2OS/c1-17-13(7-8-13)10-15-12(16)6-5-11-4-2-3-9-14-11/h11,14H,2-10H2,1H3,(H,15,16). The lowest BCUT2D eigenvalue weighted by Gasteiger charge is -2.23. The summed E-state index contributed by atoms with van der Waals surface area (Å²) in [5.74, 6) is 0.234. The molecule has 0 radical (unpaired) electrons. The molecule has 2 aliphatic rings. The van der Waals surface area contributed by atoms with Gasteiger partial charge in [-0.3, -0.25) is 4.79 Å². The SMILES string of the molecule is CSC1(CNC(=O)CCC2CCCCN2)CC1. The number of nitrogens with one attached hydrogen (secondary N) is 2. The zero-order valence-corrected chi connectivity index (χ0v) is 11.6. The number of thioether (sulfide) groups is 1. The van der Waals surface area contributed by atoms with Crippen LogP contribution >= 0.6 is 11.8 Å². The van der Waals surface area contributed by atoms with Crippen molar-refractivity contribution in [3.63, 3.8) is 0 Å². The lowest BCUT2D eigenvalue weighted by Crippen LogP contribution is -2.36. The molecule has 1 unspecified atom stereocenters. The van der Waals surface area contributed by atoms with Crippen LogP contribution in [0.5, 0.6) is 0 Å². The number of carbonyl (C=O) groups is 1. The average Bonchev–Trinajstić information content (AvgIpc) is 3.16. The van der Waals surface area contributed by atoms with Gasteiger partial charge in [0, 0.05) is 23.8 Å². The van der Waals surface area contributed by atoms with E-state index in [9.17, 15) is 4.79 Å². The molecule has 1 atom stereocenters. The van der Waals surface area contributed by atoms with Crippen molar-refractivity contribution in [1.29, 1.82) is 0 Å². The first-order chi connectivity index (χ1) is 8.24. The van der Waals surface area contributed by atoms with Crippen LogP contribution in [0.25, 0.3) is 0 Å². The molecule has 2 N–H and O–H groups in total. The van der Waals surface area contributed by atoms with Crippen molar-refractivity contribution < 1.29 is 4.79 Å². The molecule has 0 aromatic rings. The fourth-order valence-corrected chi connectivity index (χ4v) is 3.14. The van der Waals surface area contributed by atoms with Gasteiger partial charge in [0.15, 0.2) is 0 Å². The van der Waals surface area contributed by atoms with Gasteiger partial charge in [0.1, 0.15) is 0 Å². The fourth-order valence-electron chi connectivity index (χ4n) is 2.42. The Bertz CT molecular complexity index is 260. The summed E-state index contributed by atoms with van der Waals surface area (Å²) < 4.78 is 0.388. The monoisotopic (exact) mass is 256 g/mol. The minimum absolute atomic E-state index is 0.234. The van der Waals surface area contributed by atoms with Crippen molar-refractivity contribution in [2.24, 2.45) is 0 Å². The van der Waals surface area contributed by atoms with Crippen molar-refractivity contribution >= 4 is 17.7 Å². The highest BCUT2D eigenvalue weighted by atomic mass is 32.2. The molecular weight excluding hydrogens is 232 g/mol. The second kappa shape index (κ2) is 6.10.